The first-order valence-corrected chi connectivity index (χ1v) is 13.4. The van der Waals surface area contributed by atoms with Crippen LogP contribution in [0.1, 0.15) is 60.8 Å². The number of rotatable bonds is 7. The Balaban J connectivity index is 1.56. The average Bonchev–Trinajstić information content (AvgIpc) is 3.13. The van der Waals surface area contributed by atoms with Crippen LogP contribution in [0.4, 0.5) is 5.00 Å². The highest BCUT2D eigenvalue weighted by atomic mass is 35.5. The van der Waals surface area contributed by atoms with Gasteiger partial charge in [0, 0.05) is 16.3 Å². The average molecular weight is 558 g/mol. The van der Waals surface area contributed by atoms with Crippen LogP contribution in [0, 0.1) is 11.3 Å². The minimum atomic E-state index is -0.397. The second-order valence-corrected chi connectivity index (χ2v) is 11.9. The van der Waals surface area contributed by atoms with Crippen LogP contribution >= 0.6 is 46.8 Å². The van der Waals surface area contributed by atoms with Crippen LogP contribution in [0.2, 0.25) is 10.0 Å². The Labute approximate surface area is 225 Å². The van der Waals surface area contributed by atoms with Crippen LogP contribution in [0.15, 0.2) is 18.2 Å². The van der Waals surface area contributed by atoms with Crippen molar-refractivity contribution in [1.82, 2.24) is 5.32 Å². The van der Waals surface area contributed by atoms with Crippen LogP contribution in [-0.2, 0) is 22.4 Å². The lowest BCUT2D eigenvalue weighted by Crippen LogP contribution is -2.34. The molecule has 0 fully saturated rings. The van der Waals surface area contributed by atoms with Crippen molar-refractivity contribution in [2.75, 3.05) is 19.0 Å². The Morgan fingerprint density at radius 2 is 2.00 bits per heavy atom. The van der Waals surface area contributed by atoms with Gasteiger partial charge in [-0.1, -0.05) is 44.0 Å². The minimum Gasteiger partial charge on any atom is -0.492 e. The second kappa shape index (κ2) is 11.9. The molecule has 0 saturated heterocycles. The number of fused-ring (bicyclic) bond motifs is 1. The topological polar surface area (TPSA) is 76.7 Å². The molecular formula is C25H30Cl2N2O4S2. The highest BCUT2D eigenvalue weighted by Crippen LogP contribution is 2.44. The maximum atomic E-state index is 12.6. The molecule has 0 radical (unpaired) electrons. The van der Waals surface area contributed by atoms with Gasteiger partial charge in [0.05, 0.1) is 24.3 Å². The van der Waals surface area contributed by atoms with Gasteiger partial charge in [-0.05, 0) is 73.0 Å². The standard InChI is InChI=1S/C25H30Cl2N2O4S2/c1-25(2,3)14-7-9-16-19(12-14)35-22(21(16)23(31)32-4)29-24(34)28-20(30)6-5-11-33-18-10-8-15(26)13-17(18)27/h8,10,13-14H,5-7,9,11-12H2,1-4H3,(H2,28,29,30,34). The minimum absolute atomic E-state index is 0.146. The number of methoxy groups -OCH3 is 1. The van der Waals surface area contributed by atoms with Crippen molar-refractivity contribution >= 4 is 68.7 Å². The van der Waals surface area contributed by atoms with E-state index in [1.54, 1.807) is 18.2 Å². The van der Waals surface area contributed by atoms with Gasteiger partial charge in [0.25, 0.3) is 0 Å². The quantitative estimate of drug-likeness (QED) is 0.225. The Bertz CT molecular complexity index is 1110. The van der Waals surface area contributed by atoms with Crippen molar-refractivity contribution in [3.63, 3.8) is 0 Å². The summed E-state index contributed by atoms with van der Waals surface area (Å²) in [5.74, 6) is 0.399. The van der Waals surface area contributed by atoms with Crippen LogP contribution in [-0.4, -0.2) is 30.7 Å². The summed E-state index contributed by atoms with van der Waals surface area (Å²) in [6.45, 7) is 7.05. The van der Waals surface area contributed by atoms with Crippen molar-refractivity contribution in [1.29, 1.82) is 0 Å². The summed E-state index contributed by atoms with van der Waals surface area (Å²) in [7, 11) is 1.37. The van der Waals surface area contributed by atoms with Gasteiger partial charge >= 0.3 is 5.97 Å². The van der Waals surface area contributed by atoms with E-state index < -0.39 is 5.97 Å². The summed E-state index contributed by atoms with van der Waals surface area (Å²) in [4.78, 5) is 26.1. The molecule has 0 saturated carbocycles. The number of thiocarbonyl (C=S) groups is 1. The molecule has 1 aliphatic rings. The SMILES string of the molecule is COC(=O)c1c(NC(=S)NC(=O)CCCOc2ccc(Cl)cc2Cl)sc2c1CCC(C(C)(C)C)C2. The summed E-state index contributed by atoms with van der Waals surface area (Å²) in [6, 6.07) is 4.98. The summed E-state index contributed by atoms with van der Waals surface area (Å²) < 4.78 is 10.6. The highest BCUT2D eigenvalue weighted by Gasteiger charge is 2.34. The van der Waals surface area contributed by atoms with E-state index >= 15 is 0 Å². The molecule has 1 heterocycles. The predicted octanol–water partition coefficient (Wildman–Crippen LogP) is 6.66. The van der Waals surface area contributed by atoms with E-state index in [0.29, 0.717) is 45.3 Å². The van der Waals surface area contributed by atoms with Crippen LogP contribution < -0.4 is 15.4 Å². The Kier molecular flexibility index (Phi) is 9.43. The molecule has 10 heteroatoms. The van der Waals surface area contributed by atoms with Crippen molar-refractivity contribution < 1.29 is 19.1 Å². The van der Waals surface area contributed by atoms with Gasteiger partial charge in [-0.15, -0.1) is 11.3 Å². The molecule has 1 aromatic carbocycles. The van der Waals surface area contributed by atoms with Crippen LogP contribution in [0.3, 0.4) is 0 Å². The van der Waals surface area contributed by atoms with Crippen molar-refractivity contribution in [2.45, 2.75) is 52.9 Å². The number of ether oxygens (including phenoxy) is 2. The molecule has 0 spiro atoms. The van der Waals surface area contributed by atoms with E-state index in [2.05, 4.69) is 31.4 Å². The number of nitrogens with one attached hydrogen (secondary N) is 2. The number of esters is 1. The second-order valence-electron chi connectivity index (χ2n) is 9.53. The molecule has 1 unspecified atom stereocenters. The molecule has 1 aliphatic carbocycles. The molecule has 1 amide bonds. The third-order valence-electron chi connectivity index (χ3n) is 6.06. The van der Waals surface area contributed by atoms with Gasteiger partial charge in [0.15, 0.2) is 5.11 Å². The van der Waals surface area contributed by atoms with Crippen LogP contribution in [0.5, 0.6) is 5.75 Å². The van der Waals surface area contributed by atoms with Gasteiger partial charge in [-0.2, -0.15) is 0 Å². The molecule has 1 atom stereocenters. The molecule has 2 N–H and O–H groups in total. The molecule has 190 valence electrons. The maximum Gasteiger partial charge on any atom is 0.341 e. The molecule has 0 aliphatic heterocycles. The number of carbonyl (C=O) groups excluding carboxylic acids is 2. The Morgan fingerprint density at radius 1 is 1.26 bits per heavy atom. The van der Waals surface area contributed by atoms with Crippen molar-refractivity contribution in [3.8, 4) is 5.75 Å². The third-order valence-corrected chi connectivity index (χ3v) is 7.96. The fourth-order valence-electron chi connectivity index (χ4n) is 4.06. The van der Waals surface area contributed by atoms with E-state index in [9.17, 15) is 9.59 Å². The predicted molar refractivity (Wildman–Crippen MR) is 146 cm³/mol. The number of anilines is 1. The normalized spacial score (nSPS) is 15.2. The van der Waals surface area contributed by atoms with E-state index in [0.717, 1.165) is 24.8 Å². The fourth-order valence-corrected chi connectivity index (χ4v) is 6.13. The molecule has 3 rings (SSSR count). The lowest BCUT2D eigenvalue weighted by Gasteiger charge is -2.33. The number of hydrogen-bond donors (Lipinski definition) is 2. The molecule has 1 aromatic heterocycles. The smallest absolute Gasteiger partial charge is 0.341 e. The number of hydrogen-bond acceptors (Lipinski definition) is 6. The largest absolute Gasteiger partial charge is 0.492 e. The van der Waals surface area contributed by atoms with E-state index in [-0.39, 0.29) is 22.9 Å². The molecule has 2 aromatic rings. The van der Waals surface area contributed by atoms with Crippen molar-refractivity contribution in [3.05, 3.63) is 44.2 Å². The summed E-state index contributed by atoms with van der Waals surface area (Å²) in [6.07, 6.45) is 3.43. The number of carbonyl (C=O) groups is 2. The van der Waals surface area contributed by atoms with Gasteiger partial charge in [0.1, 0.15) is 10.8 Å². The number of halogens is 2. The molecule has 0 bridgehead atoms. The summed E-state index contributed by atoms with van der Waals surface area (Å²) >= 11 is 18.8. The van der Waals surface area contributed by atoms with E-state index in [1.165, 1.54) is 23.3 Å². The van der Waals surface area contributed by atoms with Gasteiger partial charge in [-0.3, -0.25) is 4.79 Å². The summed E-state index contributed by atoms with van der Waals surface area (Å²) in [5, 5.41) is 7.44. The number of amides is 1. The zero-order chi connectivity index (χ0) is 25.8. The Hall–Kier alpha value is -1.87. The van der Waals surface area contributed by atoms with E-state index in [4.69, 9.17) is 44.9 Å². The van der Waals surface area contributed by atoms with Gasteiger partial charge in [0.2, 0.25) is 5.91 Å². The first kappa shape index (κ1) is 27.7. The molecular weight excluding hydrogens is 527 g/mol. The van der Waals surface area contributed by atoms with E-state index in [1.807, 2.05) is 0 Å². The van der Waals surface area contributed by atoms with Crippen LogP contribution in [0.25, 0.3) is 0 Å². The lowest BCUT2D eigenvalue weighted by molar-refractivity contribution is -0.119. The first-order chi connectivity index (χ1) is 16.5. The zero-order valence-corrected chi connectivity index (χ0v) is 23.4. The third kappa shape index (κ3) is 7.32. The fraction of sp³-hybridized carbons (Fsp3) is 0.480. The maximum absolute atomic E-state index is 12.6. The first-order valence-electron chi connectivity index (χ1n) is 11.4. The molecule has 35 heavy (non-hydrogen) atoms. The molecule has 6 nitrogen and oxygen atoms in total. The number of thiophene rings is 1. The van der Waals surface area contributed by atoms with Crippen molar-refractivity contribution in [2.24, 2.45) is 11.3 Å². The van der Waals surface area contributed by atoms with Gasteiger partial charge in [-0.25, -0.2) is 4.79 Å². The number of benzene rings is 1. The highest BCUT2D eigenvalue weighted by molar-refractivity contribution is 7.80. The Morgan fingerprint density at radius 3 is 2.66 bits per heavy atom. The monoisotopic (exact) mass is 556 g/mol. The lowest BCUT2D eigenvalue weighted by atomic mass is 9.72. The summed E-state index contributed by atoms with van der Waals surface area (Å²) in [5.41, 5.74) is 1.73. The van der Waals surface area contributed by atoms with Gasteiger partial charge < -0.3 is 20.1 Å². The zero-order valence-electron chi connectivity index (χ0n) is 20.3.